The summed E-state index contributed by atoms with van der Waals surface area (Å²) in [7, 11) is 1.80. The molecule has 0 atom stereocenters. The minimum atomic E-state index is -0.378. The normalized spacial score (nSPS) is 10.7. The maximum atomic E-state index is 13.1. The number of carbonyl (C=O) groups is 1. The first-order valence-corrected chi connectivity index (χ1v) is 9.10. The number of carbonyl (C=O) groups excluding carboxylic acids is 1. The fourth-order valence-electron chi connectivity index (χ4n) is 2.46. The Labute approximate surface area is 164 Å². The number of nitrogens with zero attached hydrogens (tertiary/aromatic N) is 1. The van der Waals surface area contributed by atoms with Crippen LogP contribution in [0.1, 0.15) is 12.5 Å². The van der Waals surface area contributed by atoms with Gasteiger partial charge in [0.2, 0.25) is 5.91 Å². The van der Waals surface area contributed by atoms with Crippen molar-refractivity contribution in [2.24, 2.45) is 0 Å². The zero-order valence-corrected chi connectivity index (χ0v) is 16.3. The summed E-state index contributed by atoms with van der Waals surface area (Å²) in [5.74, 6) is 1.01. The summed E-state index contributed by atoms with van der Waals surface area (Å²) in [5, 5.41) is 3.15. The van der Waals surface area contributed by atoms with Gasteiger partial charge in [-0.1, -0.05) is 17.7 Å². The van der Waals surface area contributed by atoms with Crippen LogP contribution in [0.3, 0.4) is 0 Å². The van der Waals surface area contributed by atoms with Crippen LogP contribution in [0.4, 0.5) is 4.39 Å². The summed E-state index contributed by atoms with van der Waals surface area (Å²) in [5.41, 5.74) is 0.771. The molecule has 7 heteroatoms. The molecule has 0 bridgehead atoms. The highest BCUT2D eigenvalue weighted by atomic mass is 35.5. The van der Waals surface area contributed by atoms with Crippen molar-refractivity contribution < 1.29 is 18.7 Å². The highest BCUT2D eigenvalue weighted by Crippen LogP contribution is 2.19. The van der Waals surface area contributed by atoms with E-state index >= 15 is 0 Å². The van der Waals surface area contributed by atoms with Crippen molar-refractivity contribution in [1.29, 1.82) is 0 Å². The minimum absolute atomic E-state index is 0.119. The zero-order valence-electron chi connectivity index (χ0n) is 15.5. The van der Waals surface area contributed by atoms with Crippen LogP contribution in [0.25, 0.3) is 0 Å². The third-order valence-corrected chi connectivity index (χ3v) is 4.05. The van der Waals surface area contributed by atoms with Crippen LogP contribution in [-0.2, 0) is 11.3 Å². The SMILES string of the molecule is CCOc1ccc(OCCNC(=O)CN(C)Cc2ccc(F)cc2Cl)cc1. The summed E-state index contributed by atoms with van der Waals surface area (Å²) in [6.45, 7) is 3.98. The Morgan fingerprint density at radius 2 is 1.81 bits per heavy atom. The van der Waals surface area contributed by atoms with E-state index in [0.29, 0.717) is 31.3 Å². The summed E-state index contributed by atoms with van der Waals surface area (Å²) in [4.78, 5) is 13.8. The fourth-order valence-corrected chi connectivity index (χ4v) is 2.68. The molecule has 0 saturated heterocycles. The molecule has 1 N–H and O–H groups in total. The Hall–Kier alpha value is -2.31. The molecule has 146 valence electrons. The molecule has 0 heterocycles. The lowest BCUT2D eigenvalue weighted by Crippen LogP contribution is -2.36. The van der Waals surface area contributed by atoms with Crippen LogP contribution in [0, 0.1) is 5.82 Å². The van der Waals surface area contributed by atoms with Crippen molar-refractivity contribution >= 4 is 17.5 Å². The number of hydrogen-bond acceptors (Lipinski definition) is 4. The summed E-state index contributed by atoms with van der Waals surface area (Å²) < 4.78 is 24.0. The van der Waals surface area contributed by atoms with Crippen LogP contribution in [0.15, 0.2) is 42.5 Å². The van der Waals surface area contributed by atoms with Gasteiger partial charge < -0.3 is 14.8 Å². The summed E-state index contributed by atoms with van der Waals surface area (Å²) in [6.07, 6.45) is 0. The number of likely N-dealkylation sites (N-methyl/N-ethyl adjacent to an activating group) is 1. The van der Waals surface area contributed by atoms with Gasteiger partial charge in [0.05, 0.1) is 19.7 Å². The van der Waals surface area contributed by atoms with Gasteiger partial charge in [-0.05, 0) is 55.9 Å². The third-order valence-electron chi connectivity index (χ3n) is 3.70. The minimum Gasteiger partial charge on any atom is -0.494 e. The number of amides is 1. The first-order chi connectivity index (χ1) is 13.0. The molecule has 0 saturated carbocycles. The Bertz CT molecular complexity index is 741. The van der Waals surface area contributed by atoms with Gasteiger partial charge in [-0.3, -0.25) is 9.69 Å². The van der Waals surface area contributed by atoms with E-state index in [0.717, 1.165) is 17.1 Å². The predicted octanol–water partition coefficient (Wildman–Crippen LogP) is 3.50. The van der Waals surface area contributed by atoms with E-state index in [1.165, 1.54) is 12.1 Å². The van der Waals surface area contributed by atoms with Gasteiger partial charge in [0.1, 0.15) is 23.9 Å². The van der Waals surface area contributed by atoms with Crippen LogP contribution < -0.4 is 14.8 Å². The van der Waals surface area contributed by atoms with E-state index in [1.54, 1.807) is 13.1 Å². The maximum Gasteiger partial charge on any atom is 0.234 e. The smallest absolute Gasteiger partial charge is 0.234 e. The van der Waals surface area contributed by atoms with Gasteiger partial charge in [-0.25, -0.2) is 4.39 Å². The van der Waals surface area contributed by atoms with Gasteiger partial charge in [-0.2, -0.15) is 0 Å². The number of ether oxygens (including phenoxy) is 2. The van der Waals surface area contributed by atoms with Crippen molar-refractivity contribution in [2.75, 3.05) is 33.4 Å². The Kier molecular flexibility index (Phi) is 8.36. The lowest BCUT2D eigenvalue weighted by Gasteiger charge is -2.17. The first-order valence-electron chi connectivity index (χ1n) is 8.72. The number of benzene rings is 2. The maximum absolute atomic E-state index is 13.1. The molecular formula is C20H24ClFN2O3. The molecule has 0 aromatic heterocycles. The van der Waals surface area contributed by atoms with E-state index in [4.69, 9.17) is 21.1 Å². The number of hydrogen-bond donors (Lipinski definition) is 1. The lowest BCUT2D eigenvalue weighted by molar-refractivity contribution is -0.122. The van der Waals surface area contributed by atoms with Crippen LogP contribution in [-0.4, -0.2) is 44.2 Å². The Morgan fingerprint density at radius 3 is 2.44 bits per heavy atom. The molecule has 0 spiro atoms. The van der Waals surface area contributed by atoms with Crippen molar-refractivity contribution in [2.45, 2.75) is 13.5 Å². The molecule has 0 fully saturated rings. The standard InChI is InChI=1S/C20H24ClFN2O3/c1-3-26-17-6-8-18(9-7-17)27-11-10-23-20(25)14-24(2)13-15-4-5-16(22)12-19(15)21/h4-9,12H,3,10-11,13-14H2,1-2H3,(H,23,25). The Morgan fingerprint density at radius 1 is 1.15 bits per heavy atom. The van der Waals surface area contributed by atoms with Crippen molar-refractivity contribution in [1.82, 2.24) is 10.2 Å². The van der Waals surface area contributed by atoms with Gasteiger partial charge in [0.25, 0.3) is 0 Å². The van der Waals surface area contributed by atoms with Gasteiger partial charge >= 0.3 is 0 Å². The van der Waals surface area contributed by atoms with E-state index < -0.39 is 0 Å². The second-order valence-corrected chi connectivity index (χ2v) is 6.42. The summed E-state index contributed by atoms with van der Waals surface area (Å²) in [6, 6.07) is 11.6. The average Bonchev–Trinajstić information content (AvgIpc) is 2.63. The molecule has 1 amide bonds. The number of nitrogens with one attached hydrogen (secondary N) is 1. The molecule has 2 rings (SSSR count). The average molecular weight is 395 g/mol. The van der Waals surface area contributed by atoms with Gasteiger partial charge in [0, 0.05) is 11.6 Å². The van der Waals surface area contributed by atoms with E-state index in [1.807, 2.05) is 36.1 Å². The molecule has 2 aromatic rings. The first kappa shape index (κ1) is 21.0. The van der Waals surface area contributed by atoms with Crippen molar-refractivity contribution in [3.8, 4) is 11.5 Å². The molecule has 0 aliphatic carbocycles. The van der Waals surface area contributed by atoms with Crippen LogP contribution in [0.2, 0.25) is 5.02 Å². The van der Waals surface area contributed by atoms with Crippen molar-refractivity contribution in [3.63, 3.8) is 0 Å². The molecule has 27 heavy (non-hydrogen) atoms. The predicted molar refractivity (Wildman–Crippen MR) is 104 cm³/mol. The van der Waals surface area contributed by atoms with E-state index in [9.17, 15) is 9.18 Å². The Balaban J connectivity index is 1.66. The van der Waals surface area contributed by atoms with Crippen LogP contribution >= 0.6 is 11.6 Å². The van der Waals surface area contributed by atoms with E-state index in [-0.39, 0.29) is 18.3 Å². The number of halogens is 2. The quantitative estimate of drug-likeness (QED) is 0.626. The molecule has 2 aromatic carbocycles. The lowest BCUT2D eigenvalue weighted by atomic mass is 10.2. The molecule has 0 aliphatic rings. The highest BCUT2D eigenvalue weighted by Gasteiger charge is 2.09. The van der Waals surface area contributed by atoms with Gasteiger partial charge in [-0.15, -0.1) is 0 Å². The topological polar surface area (TPSA) is 50.8 Å². The molecule has 0 aliphatic heterocycles. The third kappa shape index (κ3) is 7.45. The molecule has 0 radical (unpaired) electrons. The van der Waals surface area contributed by atoms with Crippen LogP contribution in [0.5, 0.6) is 11.5 Å². The fraction of sp³-hybridized carbons (Fsp3) is 0.350. The summed E-state index contributed by atoms with van der Waals surface area (Å²) >= 11 is 6.01. The van der Waals surface area contributed by atoms with Gasteiger partial charge in [0.15, 0.2) is 0 Å². The second kappa shape index (κ2) is 10.7. The second-order valence-electron chi connectivity index (χ2n) is 6.01. The number of rotatable bonds is 10. The molecular weight excluding hydrogens is 371 g/mol. The largest absolute Gasteiger partial charge is 0.494 e. The zero-order chi connectivity index (χ0) is 19.6. The highest BCUT2D eigenvalue weighted by molar-refractivity contribution is 6.31. The molecule has 5 nitrogen and oxygen atoms in total. The molecule has 0 unspecified atom stereocenters. The monoisotopic (exact) mass is 394 g/mol. The van der Waals surface area contributed by atoms with Crippen molar-refractivity contribution in [3.05, 3.63) is 58.9 Å². The van der Waals surface area contributed by atoms with E-state index in [2.05, 4.69) is 5.32 Å².